The molecular formula is C21H16BrF3N4O. The molecule has 2 saturated carbocycles. The first-order chi connectivity index (χ1) is 14.3. The smallest absolute Gasteiger partial charge is 0.302 e. The molecule has 0 radical (unpaired) electrons. The number of halogens is 4. The van der Waals surface area contributed by atoms with Crippen LogP contribution in [-0.4, -0.2) is 33.2 Å². The van der Waals surface area contributed by atoms with Crippen molar-refractivity contribution in [3.63, 3.8) is 0 Å². The fraction of sp³-hybridized carbons (Fsp3) is 0.381. The Hall–Kier alpha value is -2.42. The number of hydrogen-bond donors (Lipinski definition) is 0. The Labute approximate surface area is 178 Å². The van der Waals surface area contributed by atoms with Gasteiger partial charge in [-0.3, -0.25) is 4.79 Å². The van der Waals surface area contributed by atoms with Crippen molar-refractivity contribution in [2.45, 2.75) is 42.7 Å². The molecule has 2 aliphatic carbocycles. The van der Waals surface area contributed by atoms with Crippen molar-refractivity contribution >= 4 is 33.2 Å². The number of nitrogens with zero attached hydrogens (tertiary/aromatic N) is 4. The third-order valence-corrected chi connectivity index (χ3v) is 6.92. The normalized spacial score (nSPS) is 24.0. The van der Waals surface area contributed by atoms with E-state index in [1.54, 1.807) is 18.3 Å². The van der Waals surface area contributed by atoms with E-state index in [4.69, 9.17) is 0 Å². The minimum absolute atomic E-state index is 0.151. The highest BCUT2D eigenvalue weighted by Crippen LogP contribution is 2.64. The Morgan fingerprint density at radius 1 is 1.20 bits per heavy atom. The van der Waals surface area contributed by atoms with Crippen LogP contribution in [0.1, 0.15) is 47.9 Å². The van der Waals surface area contributed by atoms with E-state index in [1.807, 2.05) is 22.7 Å². The molecule has 1 spiro atoms. The molecule has 3 aromatic rings. The van der Waals surface area contributed by atoms with Crippen molar-refractivity contribution in [3.8, 4) is 0 Å². The van der Waals surface area contributed by atoms with Gasteiger partial charge in [0.1, 0.15) is 11.1 Å². The average Bonchev–Trinajstić information content (AvgIpc) is 3.58. The molecule has 1 aromatic carbocycles. The van der Waals surface area contributed by atoms with E-state index in [0.717, 1.165) is 38.4 Å². The first-order valence-electron chi connectivity index (χ1n) is 9.81. The van der Waals surface area contributed by atoms with Crippen LogP contribution in [0.2, 0.25) is 0 Å². The van der Waals surface area contributed by atoms with Crippen molar-refractivity contribution in [2.24, 2.45) is 0 Å². The third kappa shape index (κ3) is 2.57. The molecular weight excluding hydrogens is 461 g/mol. The van der Waals surface area contributed by atoms with E-state index in [9.17, 15) is 18.0 Å². The number of alkyl halides is 3. The van der Waals surface area contributed by atoms with Crippen LogP contribution in [0, 0.1) is 0 Å². The van der Waals surface area contributed by atoms with Gasteiger partial charge in [-0.2, -0.15) is 18.3 Å². The molecule has 2 aromatic heterocycles. The van der Waals surface area contributed by atoms with E-state index in [0.29, 0.717) is 18.5 Å². The first kappa shape index (κ1) is 18.4. The second kappa shape index (κ2) is 5.84. The van der Waals surface area contributed by atoms with Crippen molar-refractivity contribution in [2.75, 3.05) is 11.4 Å². The molecule has 2 atom stereocenters. The van der Waals surface area contributed by atoms with Crippen LogP contribution in [0.15, 0.2) is 41.1 Å². The minimum atomic E-state index is -4.43. The van der Waals surface area contributed by atoms with E-state index >= 15 is 0 Å². The standard InChI is InChI=1S/C21H16BrF3N4O/c22-16-9-15(29-17(27-16)4-7-26-29)13-8-12(13)11-2-1-3-14-18(11)20(5-6-20)19(30)28(14)10-21(23,24)25/h1-4,7,9,12-13H,5-6,8,10H2/t12-,13+/m1/s1. The Bertz CT molecular complexity index is 1220. The van der Waals surface area contributed by atoms with Crippen molar-refractivity contribution in [1.82, 2.24) is 14.6 Å². The SMILES string of the molecule is O=C1N(CC(F)(F)F)c2cccc([C@H]3C[C@@H]3c3cc(Br)nc4ccnn34)c2C12CC2. The Balaban J connectivity index is 1.42. The second-order valence-corrected chi connectivity index (χ2v) is 9.20. The number of rotatable bonds is 3. The highest BCUT2D eigenvalue weighted by Gasteiger charge is 2.62. The molecule has 0 unspecified atom stereocenters. The number of amides is 1. The van der Waals surface area contributed by atoms with Gasteiger partial charge in [-0.25, -0.2) is 9.50 Å². The fourth-order valence-electron chi connectivity index (χ4n) is 5.05. The predicted molar refractivity (Wildman–Crippen MR) is 107 cm³/mol. The van der Waals surface area contributed by atoms with Gasteiger partial charge in [0.05, 0.1) is 17.3 Å². The van der Waals surface area contributed by atoms with E-state index in [2.05, 4.69) is 26.0 Å². The number of anilines is 1. The zero-order chi connectivity index (χ0) is 20.8. The molecule has 5 nitrogen and oxygen atoms in total. The summed E-state index contributed by atoms with van der Waals surface area (Å²) in [7, 11) is 0. The summed E-state index contributed by atoms with van der Waals surface area (Å²) in [6.07, 6.45) is -0.633. The highest BCUT2D eigenvalue weighted by atomic mass is 79.9. The molecule has 1 amide bonds. The molecule has 154 valence electrons. The van der Waals surface area contributed by atoms with E-state index in [-0.39, 0.29) is 11.8 Å². The summed E-state index contributed by atoms with van der Waals surface area (Å²) in [6, 6.07) is 9.18. The van der Waals surface area contributed by atoms with Crippen LogP contribution >= 0.6 is 15.9 Å². The molecule has 3 aliphatic rings. The average molecular weight is 477 g/mol. The Morgan fingerprint density at radius 2 is 2.00 bits per heavy atom. The van der Waals surface area contributed by atoms with Gasteiger partial charge < -0.3 is 4.90 Å². The maximum atomic E-state index is 13.1. The van der Waals surface area contributed by atoms with Gasteiger partial charge in [0.2, 0.25) is 5.91 Å². The lowest BCUT2D eigenvalue weighted by Gasteiger charge is -2.19. The van der Waals surface area contributed by atoms with Gasteiger partial charge in [0, 0.05) is 17.7 Å². The van der Waals surface area contributed by atoms with Crippen molar-refractivity contribution in [1.29, 1.82) is 0 Å². The lowest BCUT2D eigenvalue weighted by molar-refractivity contribution is -0.132. The van der Waals surface area contributed by atoms with Crippen LogP contribution in [0.5, 0.6) is 0 Å². The quantitative estimate of drug-likeness (QED) is 0.514. The molecule has 6 rings (SSSR count). The van der Waals surface area contributed by atoms with Gasteiger partial charge in [0.15, 0.2) is 5.65 Å². The summed E-state index contributed by atoms with van der Waals surface area (Å²) >= 11 is 3.45. The number of fused-ring (bicyclic) bond motifs is 3. The zero-order valence-corrected chi connectivity index (χ0v) is 17.2. The van der Waals surface area contributed by atoms with Gasteiger partial charge in [0.25, 0.3) is 0 Å². The third-order valence-electron chi connectivity index (χ3n) is 6.51. The van der Waals surface area contributed by atoms with Gasteiger partial charge >= 0.3 is 6.18 Å². The number of carbonyl (C=O) groups excluding carboxylic acids is 1. The van der Waals surface area contributed by atoms with Gasteiger partial charge in [-0.15, -0.1) is 0 Å². The van der Waals surface area contributed by atoms with E-state index in [1.165, 1.54) is 0 Å². The van der Waals surface area contributed by atoms with Gasteiger partial charge in [-0.05, 0) is 64.4 Å². The molecule has 0 bridgehead atoms. The fourth-order valence-corrected chi connectivity index (χ4v) is 5.46. The number of carbonyl (C=O) groups is 1. The summed E-state index contributed by atoms with van der Waals surface area (Å²) in [5.74, 6) is -0.0703. The molecule has 9 heteroatoms. The minimum Gasteiger partial charge on any atom is -0.302 e. The second-order valence-electron chi connectivity index (χ2n) is 8.38. The molecule has 1 aliphatic heterocycles. The van der Waals surface area contributed by atoms with E-state index < -0.39 is 24.0 Å². The number of aromatic nitrogens is 3. The topological polar surface area (TPSA) is 50.5 Å². The maximum absolute atomic E-state index is 13.1. The summed E-state index contributed by atoms with van der Waals surface area (Å²) in [5.41, 5.74) is 3.25. The van der Waals surface area contributed by atoms with Crippen LogP contribution in [0.25, 0.3) is 5.65 Å². The first-order valence-corrected chi connectivity index (χ1v) is 10.6. The largest absolute Gasteiger partial charge is 0.406 e. The van der Waals surface area contributed by atoms with Crippen LogP contribution in [0.4, 0.5) is 18.9 Å². The molecule has 3 heterocycles. The molecule has 0 saturated heterocycles. The highest BCUT2D eigenvalue weighted by molar-refractivity contribution is 9.10. The van der Waals surface area contributed by atoms with Crippen molar-refractivity contribution in [3.05, 3.63) is 58.0 Å². The number of hydrogen-bond acceptors (Lipinski definition) is 3. The lowest BCUT2D eigenvalue weighted by atomic mass is 9.89. The number of benzene rings is 1. The van der Waals surface area contributed by atoms with Crippen LogP contribution in [0.3, 0.4) is 0 Å². The van der Waals surface area contributed by atoms with Crippen LogP contribution in [-0.2, 0) is 10.2 Å². The van der Waals surface area contributed by atoms with Crippen LogP contribution < -0.4 is 4.90 Å². The lowest BCUT2D eigenvalue weighted by Crippen LogP contribution is -2.39. The molecule has 0 N–H and O–H groups in total. The molecule has 2 fully saturated rings. The predicted octanol–water partition coefficient (Wildman–Crippen LogP) is 4.70. The Morgan fingerprint density at radius 3 is 2.73 bits per heavy atom. The summed E-state index contributed by atoms with van der Waals surface area (Å²) < 4.78 is 42.0. The molecule has 30 heavy (non-hydrogen) atoms. The maximum Gasteiger partial charge on any atom is 0.406 e. The Kier molecular flexibility index (Phi) is 3.57. The zero-order valence-electron chi connectivity index (χ0n) is 15.7. The summed E-state index contributed by atoms with van der Waals surface area (Å²) in [6.45, 7) is -1.23. The van der Waals surface area contributed by atoms with Crippen molar-refractivity contribution < 1.29 is 18.0 Å². The summed E-state index contributed by atoms with van der Waals surface area (Å²) in [4.78, 5) is 18.3. The monoisotopic (exact) mass is 476 g/mol. The summed E-state index contributed by atoms with van der Waals surface area (Å²) in [5, 5.41) is 4.37. The van der Waals surface area contributed by atoms with Gasteiger partial charge in [-0.1, -0.05) is 12.1 Å².